The van der Waals surface area contributed by atoms with E-state index in [1.807, 2.05) is 6.07 Å². The lowest BCUT2D eigenvalue weighted by Gasteiger charge is -2.14. The molecule has 0 aliphatic carbocycles. The summed E-state index contributed by atoms with van der Waals surface area (Å²) in [5.74, 6) is 0.937. The summed E-state index contributed by atoms with van der Waals surface area (Å²) >= 11 is 1.65. The number of nitrogens with one attached hydrogen (secondary N) is 1. The summed E-state index contributed by atoms with van der Waals surface area (Å²) in [6, 6.07) is 17.7. The molecular weight excluding hydrogens is 432 g/mol. The van der Waals surface area contributed by atoms with Crippen molar-refractivity contribution in [1.82, 2.24) is 14.9 Å². The average Bonchev–Trinajstić information content (AvgIpc) is 3.35. The lowest BCUT2D eigenvalue weighted by atomic mass is 10.1. The van der Waals surface area contributed by atoms with Crippen LogP contribution in [0.25, 0.3) is 20.7 Å². The zero-order chi connectivity index (χ0) is 20.5. The normalized spacial score (nSPS) is 16.4. The molecule has 1 aliphatic heterocycles. The van der Waals surface area contributed by atoms with Gasteiger partial charge in [0.05, 0.1) is 16.3 Å². The predicted octanol–water partition coefficient (Wildman–Crippen LogP) is 4.80. The minimum absolute atomic E-state index is 0. The number of hydrogen-bond donors (Lipinski definition) is 3. The zero-order valence-corrected chi connectivity index (χ0v) is 18.4. The van der Waals surface area contributed by atoms with E-state index in [4.69, 9.17) is 0 Å². The summed E-state index contributed by atoms with van der Waals surface area (Å²) in [5, 5.41) is 22.7. The minimum atomic E-state index is -0.188. The van der Waals surface area contributed by atoms with Crippen molar-refractivity contribution in [3.8, 4) is 16.2 Å². The maximum Gasteiger partial charge on any atom is 0.151 e. The summed E-state index contributed by atoms with van der Waals surface area (Å²) in [6.07, 6.45) is 2.23. The largest absolute Gasteiger partial charge is 0.508 e. The highest BCUT2D eigenvalue weighted by Crippen LogP contribution is 2.36. The number of aromatic nitrogens is 2. The van der Waals surface area contributed by atoms with E-state index < -0.39 is 0 Å². The fourth-order valence-corrected chi connectivity index (χ4v) is 4.86. The number of thiophene rings is 1. The van der Waals surface area contributed by atoms with Gasteiger partial charge in [0.25, 0.3) is 0 Å². The van der Waals surface area contributed by atoms with Crippen molar-refractivity contribution < 1.29 is 10.2 Å². The maximum atomic E-state index is 9.70. The number of aliphatic hydroxyl groups is 1. The molecule has 0 bridgehead atoms. The lowest BCUT2D eigenvalue weighted by molar-refractivity contribution is 0.175. The highest BCUT2D eigenvalue weighted by atomic mass is 35.5. The molecule has 1 atom stereocenters. The second-order valence-corrected chi connectivity index (χ2v) is 8.65. The summed E-state index contributed by atoms with van der Waals surface area (Å²) in [7, 11) is 0. The molecule has 1 unspecified atom stereocenters. The third-order valence-corrected chi connectivity index (χ3v) is 6.49. The van der Waals surface area contributed by atoms with E-state index in [2.05, 4.69) is 50.5 Å². The molecule has 2 aromatic heterocycles. The second-order valence-electron chi connectivity index (χ2n) is 7.60. The zero-order valence-electron chi connectivity index (χ0n) is 16.7. The van der Waals surface area contributed by atoms with Crippen LogP contribution >= 0.6 is 23.7 Å². The number of halogens is 1. The van der Waals surface area contributed by atoms with Gasteiger partial charge in [-0.25, -0.2) is 9.97 Å². The quantitative estimate of drug-likeness (QED) is 0.402. The molecule has 2 aromatic carbocycles. The second kappa shape index (κ2) is 9.20. The van der Waals surface area contributed by atoms with E-state index >= 15 is 0 Å². The fraction of sp³-hybridized carbons (Fsp3) is 0.217. The number of fused-ring (bicyclic) bond motifs is 1. The van der Waals surface area contributed by atoms with Gasteiger partial charge in [0.2, 0.25) is 0 Å². The number of nitrogens with zero attached hydrogens (tertiary/aromatic N) is 3. The van der Waals surface area contributed by atoms with Gasteiger partial charge in [0, 0.05) is 36.3 Å². The van der Waals surface area contributed by atoms with Crippen LogP contribution < -0.4 is 5.32 Å². The van der Waals surface area contributed by atoms with Gasteiger partial charge < -0.3 is 15.5 Å². The van der Waals surface area contributed by atoms with E-state index in [1.165, 1.54) is 5.56 Å². The first-order chi connectivity index (χ1) is 14.6. The van der Waals surface area contributed by atoms with Crippen LogP contribution in [-0.4, -0.2) is 44.3 Å². The van der Waals surface area contributed by atoms with Gasteiger partial charge >= 0.3 is 0 Å². The van der Waals surface area contributed by atoms with Crippen LogP contribution in [0.2, 0.25) is 0 Å². The van der Waals surface area contributed by atoms with Gasteiger partial charge in [-0.2, -0.15) is 0 Å². The maximum absolute atomic E-state index is 9.70. The van der Waals surface area contributed by atoms with Crippen molar-refractivity contribution in [3.63, 3.8) is 0 Å². The monoisotopic (exact) mass is 454 g/mol. The first-order valence-corrected chi connectivity index (χ1v) is 10.8. The number of β-amino-alcohol motifs (C(OH)–C–C–N with tert-alkyl or cyclic N) is 1. The van der Waals surface area contributed by atoms with Crippen LogP contribution in [0.5, 0.6) is 5.75 Å². The van der Waals surface area contributed by atoms with Crippen LogP contribution in [0.15, 0.2) is 60.9 Å². The number of likely N-dealkylation sites (tertiary alicyclic amines) is 1. The van der Waals surface area contributed by atoms with E-state index in [0.717, 1.165) is 58.2 Å². The Morgan fingerprint density at radius 3 is 2.68 bits per heavy atom. The predicted molar refractivity (Wildman–Crippen MR) is 127 cm³/mol. The Kier molecular flexibility index (Phi) is 6.38. The Morgan fingerprint density at radius 2 is 1.94 bits per heavy atom. The molecule has 160 valence electrons. The summed E-state index contributed by atoms with van der Waals surface area (Å²) < 4.78 is 0.978. The third-order valence-electron chi connectivity index (χ3n) is 5.31. The fourth-order valence-electron chi connectivity index (χ4n) is 3.79. The van der Waals surface area contributed by atoms with Gasteiger partial charge in [0.1, 0.15) is 12.1 Å². The number of anilines is 2. The number of hydrogen-bond acceptors (Lipinski definition) is 7. The van der Waals surface area contributed by atoms with E-state index in [1.54, 1.807) is 35.9 Å². The molecule has 6 nitrogen and oxygen atoms in total. The highest BCUT2D eigenvalue weighted by Gasteiger charge is 2.20. The molecule has 4 aromatic rings. The third kappa shape index (κ3) is 4.80. The average molecular weight is 455 g/mol. The first-order valence-electron chi connectivity index (χ1n) is 9.94. The molecular formula is C23H23ClN4O2S. The summed E-state index contributed by atoms with van der Waals surface area (Å²) in [6.45, 7) is 2.58. The molecule has 0 amide bonds. The van der Waals surface area contributed by atoms with Crippen molar-refractivity contribution in [3.05, 3.63) is 66.5 Å². The van der Waals surface area contributed by atoms with E-state index in [-0.39, 0.29) is 24.3 Å². The molecule has 1 fully saturated rings. The summed E-state index contributed by atoms with van der Waals surface area (Å²) in [4.78, 5) is 12.2. The Morgan fingerprint density at radius 1 is 1.10 bits per heavy atom. The highest BCUT2D eigenvalue weighted by molar-refractivity contribution is 7.22. The lowest BCUT2D eigenvalue weighted by Crippen LogP contribution is -2.21. The standard InChI is InChI=1S/C23H22N4O2S.ClH/c28-18-3-1-2-17(10-18)26-23-22-20(24-14-25-23)11-21(30-22)16-6-4-15(5-7-16)12-27-9-8-19(29)13-27;/h1-7,10-11,14,19,28-29H,8-9,12-13H2,(H,24,25,26);1H. The van der Waals surface area contributed by atoms with Gasteiger partial charge in [-0.05, 0) is 35.7 Å². The molecule has 8 heteroatoms. The van der Waals surface area contributed by atoms with Gasteiger partial charge in [-0.15, -0.1) is 23.7 Å². The molecule has 1 saturated heterocycles. The van der Waals surface area contributed by atoms with Crippen LogP contribution in [0.4, 0.5) is 11.5 Å². The SMILES string of the molecule is Cl.Oc1cccc(Nc2ncnc3cc(-c4ccc(CN5CCC(O)C5)cc4)sc23)c1. The molecule has 5 rings (SSSR count). The topological polar surface area (TPSA) is 81.5 Å². The van der Waals surface area contributed by atoms with Crippen molar-refractivity contribution in [2.24, 2.45) is 0 Å². The smallest absolute Gasteiger partial charge is 0.151 e. The molecule has 0 spiro atoms. The van der Waals surface area contributed by atoms with Crippen molar-refractivity contribution >= 4 is 45.5 Å². The van der Waals surface area contributed by atoms with Crippen molar-refractivity contribution in [2.75, 3.05) is 18.4 Å². The van der Waals surface area contributed by atoms with Crippen molar-refractivity contribution in [1.29, 1.82) is 0 Å². The van der Waals surface area contributed by atoms with Gasteiger partial charge in [-0.1, -0.05) is 30.3 Å². The van der Waals surface area contributed by atoms with Gasteiger partial charge in [0.15, 0.2) is 5.82 Å². The number of phenolic OH excluding ortho intramolecular Hbond substituents is 1. The van der Waals surface area contributed by atoms with E-state index in [9.17, 15) is 10.2 Å². The number of aromatic hydroxyl groups is 1. The Labute approximate surface area is 190 Å². The molecule has 0 radical (unpaired) electrons. The van der Waals surface area contributed by atoms with Crippen LogP contribution in [0.1, 0.15) is 12.0 Å². The summed E-state index contributed by atoms with van der Waals surface area (Å²) in [5.41, 5.74) is 4.07. The Bertz CT molecular complexity index is 1180. The number of phenols is 1. The first kappa shape index (κ1) is 21.5. The van der Waals surface area contributed by atoms with Crippen LogP contribution in [0.3, 0.4) is 0 Å². The van der Waals surface area contributed by atoms with E-state index in [0.29, 0.717) is 0 Å². The van der Waals surface area contributed by atoms with Crippen molar-refractivity contribution in [2.45, 2.75) is 19.1 Å². The minimum Gasteiger partial charge on any atom is -0.508 e. The van der Waals surface area contributed by atoms with Crippen LogP contribution in [0, 0.1) is 0 Å². The number of aliphatic hydroxyl groups excluding tert-OH is 1. The molecule has 3 heterocycles. The number of benzene rings is 2. The molecule has 31 heavy (non-hydrogen) atoms. The molecule has 1 aliphatic rings. The molecule has 0 saturated carbocycles. The Hall–Kier alpha value is -2.71. The molecule has 3 N–H and O–H groups in total. The van der Waals surface area contributed by atoms with Gasteiger partial charge in [-0.3, -0.25) is 4.90 Å². The van der Waals surface area contributed by atoms with Crippen LogP contribution in [-0.2, 0) is 6.54 Å². The number of rotatable bonds is 5. The Balaban J connectivity index is 0.00000231.